The second-order valence-electron chi connectivity index (χ2n) is 4.09. The number of aliphatic hydroxyl groups is 1. The molecule has 2 N–H and O–H groups in total. The fraction of sp³-hybridized carbons (Fsp3) is 0.615. The summed E-state index contributed by atoms with van der Waals surface area (Å²) < 4.78 is 0. The van der Waals surface area contributed by atoms with Crippen molar-refractivity contribution in [1.29, 1.82) is 0 Å². The molecule has 1 rings (SSSR count). The van der Waals surface area contributed by atoms with Gasteiger partial charge in [-0.15, -0.1) is 0 Å². The van der Waals surface area contributed by atoms with Crippen LogP contribution in [0.3, 0.4) is 0 Å². The van der Waals surface area contributed by atoms with Gasteiger partial charge in [-0.25, -0.2) is 0 Å². The molecule has 0 spiro atoms. The van der Waals surface area contributed by atoms with Crippen LogP contribution in [0.2, 0.25) is 0 Å². The van der Waals surface area contributed by atoms with Crippen LogP contribution in [0.5, 0.6) is 0 Å². The van der Waals surface area contributed by atoms with E-state index in [1.165, 1.54) is 0 Å². The molecule has 17 heavy (non-hydrogen) atoms. The summed E-state index contributed by atoms with van der Waals surface area (Å²) >= 11 is 0. The zero-order chi connectivity index (χ0) is 12.5. The Morgan fingerprint density at radius 1 is 1.35 bits per heavy atom. The first-order chi connectivity index (χ1) is 8.26. The number of hydrogen-bond donors (Lipinski definition) is 2. The predicted molar refractivity (Wildman–Crippen MR) is 69.7 cm³/mol. The Labute approximate surface area is 104 Å². The lowest BCUT2D eigenvalue weighted by atomic mass is 10.3. The molecule has 1 aromatic heterocycles. The normalized spacial score (nSPS) is 12.9. The van der Waals surface area contributed by atoms with E-state index < -0.39 is 0 Å². The highest BCUT2D eigenvalue weighted by Gasteiger charge is 2.08. The van der Waals surface area contributed by atoms with Crippen LogP contribution in [0.4, 0.5) is 0 Å². The number of likely N-dealkylation sites (N-methyl/N-ethyl adjacent to an activating group) is 1. The third kappa shape index (κ3) is 5.77. The smallest absolute Gasteiger partial charge is 0.0791 e. The second kappa shape index (κ2) is 8.17. The topological polar surface area (TPSA) is 48.4 Å². The van der Waals surface area contributed by atoms with Gasteiger partial charge in [-0.2, -0.15) is 0 Å². The molecule has 1 aromatic rings. The van der Waals surface area contributed by atoms with Gasteiger partial charge in [-0.05, 0) is 25.2 Å². The van der Waals surface area contributed by atoms with Gasteiger partial charge in [0, 0.05) is 25.8 Å². The Kier molecular flexibility index (Phi) is 6.77. The van der Waals surface area contributed by atoms with Crippen molar-refractivity contribution in [2.45, 2.75) is 26.5 Å². The van der Waals surface area contributed by atoms with Crippen molar-refractivity contribution in [3.05, 3.63) is 30.1 Å². The average molecular weight is 237 g/mol. The number of hydrogen-bond acceptors (Lipinski definition) is 4. The molecular weight excluding hydrogens is 214 g/mol. The number of aromatic nitrogens is 1. The number of rotatable bonds is 8. The van der Waals surface area contributed by atoms with Gasteiger partial charge in [0.05, 0.1) is 11.8 Å². The van der Waals surface area contributed by atoms with Gasteiger partial charge in [0.2, 0.25) is 0 Å². The molecular formula is C13H23N3O. The molecule has 0 amide bonds. The minimum atomic E-state index is -0.321. The van der Waals surface area contributed by atoms with E-state index in [2.05, 4.69) is 29.0 Å². The largest absolute Gasteiger partial charge is 0.390 e. The maximum absolute atomic E-state index is 9.84. The lowest BCUT2D eigenvalue weighted by Crippen LogP contribution is -2.38. The van der Waals surface area contributed by atoms with E-state index in [1.54, 1.807) is 6.20 Å². The molecule has 0 saturated heterocycles. The molecule has 4 nitrogen and oxygen atoms in total. The van der Waals surface area contributed by atoms with E-state index in [0.717, 1.165) is 25.3 Å². The van der Waals surface area contributed by atoms with E-state index in [1.807, 2.05) is 18.2 Å². The molecule has 0 aliphatic rings. The van der Waals surface area contributed by atoms with E-state index in [0.29, 0.717) is 13.1 Å². The summed E-state index contributed by atoms with van der Waals surface area (Å²) in [5.41, 5.74) is 1.00. The standard InChI is InChI=1S/C13H23N3O/c1-3-16(4-2)11-13(17)10-14-9-12-7-5-6-8-15-12/h5-8,13-14,17H,3-4,9-11H2,1-2H3. The maximum atomic E-state index is 9.84. The molecule has 0 aliphatic carbocycles. The summed E-state index contributed by atoms with van der Waals surface area (Å²) in [4.78, 5) is 6.43. The van der Waals surface area contributed by atoms with Crippen molar-refractivity contribution in [3.8, 4) is 0 Å². The van der Waals surface area contributed by atoms with E-state index in [9.17, 15) is 5.11 Å². The number of pyridine rings is 1. The molecule has 1 heterocycles. The Bertz CT molecular complexity index is 288. The molecule has 1 atom stereocenters. The van der Waals surface area contributed by atoms with Crippen LogP contribution in [-0.2, 0) is 6.54 Å². The van der Waals surface area contributed by atoms with Crippen LogP contribution in [0.15, 0.2) is 24.4 Å². The monoisotopic (exact) mass is 237 g/mol. The van der Waals surface area contributed by atoms with Crippen molar-refractivity contribution in [1.82, 2.24) is 15.2 Å². The van der Waals surface area contributed by atoms with E-state index in [-0.39, 0.29) is 6.10 Å². The minimum Gasteiger partial charge on any atom is -0.390 e. The first-order valence-electron chi connectivity index (χ1n) is 6.27. The van der Waals surface area contributed by atoms with Gasteiger partial charge in [0.25, 0.3) is 0 Å². The Hall–Kier alpha value is -0.970. The average Bonchev–Trinajstić information content (AvgIpc) is 2.37. The summed E-state index contributed by atoms with van der Waals surface area (Å²) in [7, 11) is 0. The predicted octanol–water partition coefficient (Wildman–Crippen LogP) is 0.874. The quantitative estimate of drug-likeness (QED) is 0.704. The van der Waals surface area contributed by atoms with Crippen molar-refractivity contribution in [2.24, 2.45) is 0 Å². The number of nitrogens with one attached hydrogen (secondary N) is 1. The van der Waals surface area contributed by atoms with Crippen LogP contribution < -0.4 is 5.32 Å². The zero-order valence-corrected chi connectivity index (χ0v) is 10.8. The summed E-state index contributed by atoms with van der Waals surface area (Å²) in [6.45, 7) is 8.21. The molecule has 0 saturated carbocycles. The lowest BCUT2D eigenvalue weighted by Gasteiger charge is -2.21. The first kappa shape index (κ1) is 14.1. The number of aliphatic hydroxyl groups excluding tert-OH is 1. The van der Waals surface area contributed by atoms with Gasteiger partial charge in [-0.1, -0.05) is 19.9 Å². The van der Waals surface area contributed by atoms with Crippen LogP contribution in [-0.4, -0.2) is 47.3 Å². The summed E-state index contributed by atoms with van der Waals surface area (Å²) in [6, 6.07) is 5.85. The number of nitrogens with zero attached hydrogens (tertiary/aromatic N) is 2. The molecule has 0 aromatic carbocycles. The minimum absolute atomic E-state index is 0.321. The molecule has 0 bridgehead atoms. The van der Waals surface area contributed by atoms with E-state index >= 15 is 0 Å². The highest BCUT2D eigenvalue weighted by molar-refractivity contribution is 5.02. The molecule has 1 unspecified atom stereocenters. The van der Waals surface area contributed by atoms with Gasteiger partial charge in [0.15, 0.2) is 0 Å². The van der Waals surface area contributed by atoms with E-state index in [4.69, 9.17) is 0 Å². The van der Waals surface area contributed by atoms with Crippen LogP contribution in [0, 0.1) is 0 Å². The summed E-state index contributed by atoms with van der Waals surface area (Å²) in [6.07, 6.45) is 1.46. The first-order valence-corrected chi connectivity index (χ1v) is 6.27. The van der Waals surface area contributed by atoms with Gasteiger partial charge >= 0.3 is 0 Å². The fourth-order valence-electron chi connectivity index (χ4n) is 1.71. The second-order valence-corrected chi connectivity index (χ2v) is 4.09. The summed E-state index contributed by atoms with van der Waals surface area (Å²) in [5, 5.41) is 13.1. The fourth-order valence-corrected chi connectivity index (χ4v) is 1.71. The van der Waals surface area contributed by atoms with Crippen LogP contribution >= 0.6 is 0 Å². The Morgan fingerprint density at radius 3 is 2.71 bits per heavy atom. The Morgan fingerprint density at radius 2 is 2.12 bits per heavy atom. The van der Waals surface area contributed by atoms with Gasteiger partial charge in [-0.3, -0.25) is 4.98 Å². The van der Waals surface area contributed by atoms with Crippen LogP contribution in [0.25, 0.3) is 0 Å². The third-order valence-electron chi connectivity index (χ3n) is 2.78. The van der Waals surface area contributed by atoms with Crippen molar-refractivity contribution in [2.75, 3.05) is 26.2 Å². The highest BCUT2D eigenvalue weighted by atomic mass is 16.3. The van der Waals surface area contributed by atoms with Crippen molar-refractivity contribution < 1.29 is 5.11 Å². The summed E-state index contributed by atoms with van der Waals surface area (Å²) in [5.74, 6) is 0. The Balaban J connectivity index is 2.18. The van der Waals surface area contributed by atoms with Gasteiger partial charge in [0.1, 0.15) is 0 Å². The van der Waals surface area contributed by atoms with Crippen molar-refractivity contribution >= 4 is 0 Å². The SMILES string of the molecule is CCN(CC)CC(O)CNCc1ccccn1. The molecule has 0 fully saturated rings. The van der Waals surface area contributed by atoms with Gasteiger partial charge < -0.3 is 15.3 Å². The highest BCUT2D eigenvalue weighted by Crippen LogP contribution is 1.94. The zero-order valence-electron chi connectivity index (χ0n) is 10.8. The van der Waals surface area contributed by atoms with Crippen LogP contribution in [0.1, 0.15) is 19.5 Å². The molecule has 0 radical (unpaired) electrons. The molecule has 4 heteroatoms. The van der Waals surface area contributed by atoms with Crippen molar-refractivity contribution in [3.63, 3.8) is 0 Å². The lowest BCUT2D eigenvalue weighted by molar-refractivity contribution is 0.116. The third-order valence-corrected chi connectivity index (χ3v) is 2.78. The molecule has 0 aliphatic heterocycles. The maximum Gasteiger partial charge on any atom is 0.0791 e. The molecule has 96 valence electrons.